The van der Waals surface area contributed by atoms with Gasteiger partial charge in [0.15, 0.2) is 0 Å². The van der Waals surface area contributed by atoms with Crippen LogP contribution in [0.5, 0.6) is 0 Å². The molecule has 1 atom stereocenters. The SMILES string of the molecule is CNC(Cc1ccnc(N)c1)c1c(F)cccc1F. The maximum atomic E-state index is 13.8. The molecular formula is C14H15F2N3. The maximum absolute atomic E-state index is 13.8. The number of hydrogen-bond acceptors (Lipinski definition) is 3. The molecule has 0 fully saturated rings. The van der Waals surface area contributed by atoms with Crippen molar-refractivity contribution in [3.8, 4) is 0 Å². The van der Waals surface area contributed by atoms with Crippen LogP contribution in [0.3, 0.4) is 0 Å². The van der Waals surface area contributed by atoms with Crippen LogP contribution in [0.15, 0.2) is 36.5 Å². The number of likely N-dealkylation sites (N-methyl/N-ethyl adjacent to an activating group) is 1. The van der Waals surface area contributed by atoms with E-state index in [1.165, 1.54) is 18.2 Å². The Balaban J connectivity index is 2.30. The number of halogens is 2. The smallest absolute Gasteiger partial charge is 0.130 e. The zero-order chi connectivity index (χ0) is 13.8. The predicted molar refractivity (Wildman–Crippen MR) is 70.5 cm³/mol. The zero-order valence-electron chi connectivity index (χ0n) is 10.5. The van der Waals surface area contributed by atoms with Gasteiger partial charge in [-0.2, -0.15) is 0 Å². The number of nitrogens with one attached hydrogen (secondary N) is 1. The molecule has 1 unspecified atom stereocenters. The van der Waals surface area contributed by atoms with Gasteiger partial charge >= 0.3 is 0 Å². The van der Waals surface area contributed by atoms with E-state index in [-0.39, 0.29) is 5.56 Å². The van der Waals surface area contributed by atoms with Gasteiger partial charge in [-0.25, -0.2) is 13.8 Å². The number of benzene rings is 1. The van der Waals surface area contributed by atoms with Gasteiger partial charge in [-0.1, -0.05) is 6.07 Å². The van der Waals surface area contributed by atoms with Crippen LogP contribution < -0.4 is 11.1 Å². The van der Waals surface area contributed by atoms with Gasteiger partial charge in [0.05, 0.1) is 0 Å². The Labute approximate surface area is 110 Å². The highest BCUT2D eigenvalue weighted by molar-refractivity contribution is 5.33. The Morgan fingerprint density at radius 1 is 1.26 bits per heavy atom. The lowest BCUT2D eigenvalue weighted by atomic mass is 9.98. The molecule has 1 aromatic heterocycles. The van der Waals surface area contributed by atoms with Crippen LogP contribution in [0.25, 0.3) is 0 Å². The largest absolute Gasteiger partial charge is 0.384 e. The van der Waals surface area contributed by atoms with E-state index in [0.717, 1.165) is 5.56 Å². The highest BCUT2D eigenvalue weighted by Gasteiger charge is 2.19. The quantitative estimate of drug-likeness (QED) is 0.890. The second kappa shape index (κ2) is 5.75. The first kappa shape index (κ1) is 13.4. The van der Waals surface area contributed by atoms with Gasteiger partial charge in [-0.3, -0.25) is 0 Å². The zero-order valence-corrected chi connectivity index (χ0v) is 10.5. The molecule has 19 heavy (non-hydrogen) atoms. The molecule has 0 aliphatic carbocycles. The fourth-order valence-electron chi connectivity index (χ4n) is 2.05. The molecule has 0 aliphatic heterocycles. The van der Waals surface area contributed by atoms with E-state index in [9.17, 15) is 8.78 Å². The van der Waals surface area contributed by atoms with Crippen molar-refractivity contribution in [2.75, 3.05) is 12.8 Å². The second-order valence-corrected chi connectivity index (χ2v) is 4.27. The summed E-state index contributed by atoms with van der Waals surface area (Å²) in [4.78, 5) is 3.89. The summed E-state index contributed by atoms with van der Waals surface area (Å²) in [6.45, 7) is 0. The number of aromatic nitrogens is 1. The highest BCUT2D eigenvalue weighted by atomic mass is 19.1. The number of rotatable bonds is 4. The number of nitrogen functional groups attached to an aromatic ring is 1. The van der Waals surface area contributed by atoms with Gasteiger partial charge in [0.1, 0.15) is 17.5 Å². The van der Waals surface area contributed by atoms with Crippen LogP contribution in [-0.4, -0.2) is 12.0 Å². The first-order valence-electron chi connectivity index (χ1n) is 5.93. The summed E-state index contributed by atoms with van der Waals surface area (Å²) in [5, 5.41) is 2.93. The van der Waals surface area contributed by atoms with Crippen LogP contribution in [0, 0.1) is 11.6 Å². The standard InChI is InChI=1S/C14H15F2N3/c1-18-12(7-9-5-6-19-13(17)8-9)14-10(15)3-2-4-11(14)16/h2-6,8,12,18H,7H2,1H3,(H2,17,19). The lowest BCUT2D eigenvalue weighted by Crippen LogP contribution is -2.21. The molecule has 2 rings (SSSR count). The number of pyridine rings is 1. The van der Waals surface area contributed by atoms with E-state index in [1.54, 1.807) is 25.4 Å². The lowest BCUT2D eigenvalue weighted by Gasteiger charge is -2.18. The molecule has 0 saturated heterocycles. The van der Waals surface area contributed by atoms with E-state index in [1.807, 2.05) is 0 Å². The van der Waals surface area contributed by atoms with E-state index in [2.05, 4.69) is 10.3 Å². The Morgan fingerprint density at radius 2 is 1.95 bits per heavy atom. The Kier molecular flexibility index (Phi) is 4.06. The molecule has 3 N–H and O–H groups in total. The Bertz CT molecular complexity index is 552. The van der Waals surface area contributed by atoms with Gasteiger partial charge in [0.25, 0.3) is 0 Å². The topological polar surface area (TPSA) is 50.9 Å². The van der Waals surface area contributed by atoms with Crippen molar-refractivity contribution >= 4 is 5.82 Å². The number of nitrogens with zero attached hydrogens (tertiary/aromatic N) is 1. The molecule has 100 valence electrons. The van der Waals surface area contributed by atoms with Crippen molar-refractivity contribution in [3.63, 3.8) is 0 Å². The van der Waals surface area contributed by atoms with Gasteiger partial charge in [-0.15, -0.1) is 0 Å². The minimum absolute atomic E-state index is 0.0420. The van der Waals surface area contributed by atoms with E-state index >= 15 is 0 Å². The molecule has 0 radical (unpaired) electrons. The molecule has 0 amide bonds. The average Bonchev–Trinajstić information content (AvgIpc) is 2.37. The normalized spacial score (nSPS) is 12.4. The molecule has 0 saturated carbocycles. The van der Waals surface area contributed by atoms with Gasteiger partial charge in [0.2, 0.25) is 0 Å². The van der Waals surface area contributed by atoms with Gasteiger partial charge < -0.3 is 11.1 Å². The summed E-state index contributed by atoms with van der Waals surface area (Å²) < 4.78 is 27.5. The number of anilines is 1. The minimum atomic E-state index is -0.554. The summed E-state index contributed by atoms with van der Waals surface area (Å²) in [6, 6.07) is 6.88. The third-order valence-corrected chi connectivity index (χ3v) is 2.98. The van der Waals surface area contributed by atoms with E-state index in [4.69, 9.17) is 5.73 Å². The Hall–Kier alpha value is -2.01. The molecular weight excluding hydrogens is 248 g/mol. The number of nitrogens with two attached hydrogens (primary N) is 1. The minimum Gasteiger partial charge on any atom is -0.384 e. The number of hydrogen-bond donors (Lipinski definition) is 2. The molecule has 0 bridgehead atoms. The summed E-state index contributed by atoms with van der Waals surface area (Å²) >= 11 is 0. The van der Waals surface area contributed by atoms with Gasteiger partial charge in [0, 0.05) is 17.8 Å². The summed E-state index contributed by atoms with van der Waals surface area (Å²) in [5.74, 6) is -0.718. The fraction of sp³-hybridized carbons (Fsp3) is 0.214. The van der Waals surface area contributed by atoms with Crippen LogP contribution in [0.4, 0.5) is 14.6 Å². The molecule has 1 aromatic carbocycles. The second-order valence-electron chi connectivity index (χ2n) is 4.27. The van der Waals surface area contributed by atoms with Crippen molar-refractivity contribution in [2.24, 2.45) is 0 Å². The molecule has 1 heterocycles. The van der Waals surface area contributed by atoms with E-state index in [0.29, 0.717) is 12.2 Å². The van der Waals surface area contributed by atoms with Crippen molar-refractivity contribution in [1.29, 1.82) is 0 Å². The summed E-state index contributed by atoms with van der Waals surface area (Å²) in [5.41, 5.74) is 6.51. The molecule has 0 aliphatic rings. The van der Waals surface area contributed by atoms with Crippen molar-refractivity contribution in [3.05, 3.63) is 59.3 Å². The first-order chi connectivity index (χ1) is 9.11. The lowest BCUT2D eigenvalue weighted by molar-refractivity contribution is 0.489. The molecule has 5 heteroatoms. The molecule has 2 aromatic rings. The fourth-order valence-corrected chi connectivity index (χ4v) is 2.05. The van der Waals surface area contributed by atoms with E-state index < -0.39 is 17.7 Å². The first-order valence-corrected chi connectivity index (χ1v) is 5.93. The van der Waals surface area contributed by atoms with Crippen molar-refractivity contribution in [2.45, 2.75) is 12.5 Å². The van der Waals surface area contributed by atoms with Crippen molar-refractivity contribution < 1.29 is 8.78 Å². The monoisotopic (exact) mass is 263 g/mol. The third-order valence-electron chi connectivity index (χ3n) is 2.98. The highest BCUT2D eigenvalue weighted by Crippen LogP contribution is 2.24. The summed E-state index contributed by atoms with van der Waals surface area (Å²) in [6.07, 6.45) is 2.01. The van der Waals surface area contributed by atoms with Crippen LogP contribution in [-0.2, 0) is 6.42 Å². The molecule has 0 spiro atoms. The predicted octanol–water partition coefficient (Wildman–Crippen LogP) is 2.45. The van der Waals surface area contributed by atoms with Crippen LogP contribution in [0.2, 0.25) is 0 Å². The van der Waals surface area contributed by atoms with Crippen LogP contribution in [0.1, 0.15) is 17.2 Å². The Morgan fingerprint density at radius 3 is 2.53 bits per heavy atom. The van der Waals surface area contributed by atoms with Gasteiger partial charge in [-0.05, 0) is 43.3 Å². The maximum Gasteiger partial charge on any atom is 0.130 e. The van der Waals surface area contributed by atoms with Crippen molar-refractivity contribution in [1.82, 2.24) is 10.3 Å². The average molecular weight is 263 g/mol. The summed E-state index contributed by atoms with van der Waals surface area (Å²) in [7, 11) is 1.67. The third kappa shape index (κ3) is 3.06. The molecule has 3 nitrogen and oxygen atoms in total. The van der Waals surface area contributed by atoms with Crippen LogP contribution >= 0.6 is 0 Å².